The quantitative estimate of drug-likeness (QED) is 0.786. The highest BCUT2D eigenvalue weighted by molar-refractivity contribution is 5.85. The molecule has 0 amide bonds. The number of carboxylic acids is 1. The summed E-state index contributed by atoms with van der Waals surface area (Å²) in [7, 11) is 0. The lowest BCUT2D eigenvalue weighted by molar-refractivity contribution is -0.131. The summed E-state index contributed by atoms with van der Waals surface area (Å²) >= 11 is 0. The highest BCUT2D eigenvalue weighted by Gasteiger charge is 2.15. The maximum Gasteiger partial charge on any atom is 0.328 e. The predicted octanol–water partition coefficient (Wildman–Crippen LogP) is 4.59. The molecular formula is C17H24O2. The lowest BCUT2D eigenvalue weighted by atomic mass is 9.83. The highest BCUT2D eigenvalue weighted by Crippen LogP contribution is 2.32. The van der Waals surface area contributed by atoms with Crippen molar-refractivity contribution in [3.8, 4) is 0 Å². The van der Waals surface area contributed by atoms with Crippen molar-refractivity contribution in [1.29, 1.82) is 0 Å². The van der Waals surface area contributed by atoms with Gasteiger partial charge in [-0.3, -0.25) is 0 Å². The number of carbonyl (C=O) groups is 1. The summed E-state index contributed by atoms with van der Waals surface area (Å²) in [6.07, 6.45) is 3.85. The minimum atomic E-state index is -0.902. The largest absolute Gasteiger partial charge is 0.478 e. The summed E-state index contributed by atoms with van der Waals surface area (Å²) in [5.74, 6) is 0.0341. The monoisotopic (exact) mass is 260 g/mol. The van der Waals surface area contributed by atoms with Crippen LogP contribution in [0.15, 0.2) is 18.2 Å². The molecule has 19 heavy (non-hydrogen) atoms. The van der Waals surface area contributed by atoms with Crippen molar-refractivity contribution in [3.63, 3.8) is 0 Å². The first-order valence-corrected chi connectivity index (χ1v) is 6.95. The van der Waals surface area contributed by atoms with Gasteiger partial charge in [0.1, 0.15) is 0 Å². The van der Waals surface area contributed by atoms with Crippen LogP contribution in [0.1, 0.15) is 68.7 Å². The summed E-state index contributed by atoms with van der Waals surface area (Å²) in [4.78, 5) is 10.7. The van der Waals surface area contributed by atoms with E-state index in [9.17, 15) is 4.79 Å². The fourth-order valence-corrected chi connectivity index (χ4v) is 2.60. The maximum atomic E-state index is 10.7. The first kappa shape index (κ1) is 15.5. The number of benzene rings is 1. The van der Waals surface area contributed by atoms with Crippen molar-refractivity contribution in [2.75, 3.05) is 0 Å². The van der Waals surface area contributed by atoms with Crippen LogP contribution in [0.2, 0.25) is 0 Å². The summed E-state index contributed by atoms with van der Waals surface area (Å²) in [5.41, 5.74) is 5.06. The van der Waals surface area contributed by atoms with Crippen molar-refractivity contribution in [3.05, 3.63) is 40.5 Å². The van der Waals surface area contributed by atoms with Crippen LogP contribution in [0.25, 0.3) is 6.08 Å². The second-order valence-corrected chi connectivity index (χ2v) is 5.47. The van der Waals surface area contributed by atoms with Crippen molar-refractivity contribution >= 4 is 12.0 Å². The minimum Gasteiger partial charge on any atom is -0.478 e. The first-order valence-electron chi connectivity index (χ1n) is 6.95. The molecule has 2 heteroatoms. The maximum absolute atomic E-state index is 10.7. The Hall–Kier alpha value is -1.57. The number of rotatable bonds is 5. The van der Waals surface area contributed by atoms with Gasteiger partial charge < -0.3 is 5.11 Å². The van der Waals surface area contributed by atoms with E-state index in [0.29, 0.717) is 11.8 Å². The number of carboxylic acid groups (broad SMARTS) is 1. The number of aliphatic carboxylic acids is 1. The Labute approximate surface area is 116 Å². The Balaban J connectivity index is 3.44. The topological polar surface area (TPSA) is 37.3 Å². The van der Waals surface area contributed by atoms with Gasteiger partial charge in [0.25, 0.3) is 0 Å². The second-order valence-electron chi connectivity index (χ2n) is 5.47. The van der Waals surface area contributed by atoms with E-state index in [-0.39, 0.29) is 0 Å². The molecule has 0 atom stereocenters. The van der Waals surface area contributed by atoms with Crippen LogP contribution in [-0.2, 0) is 11.2 Å². The molecular weight excluding hydrogens is 236 g/mol. The molecule has 1 aromatic carbocycles. The minimum absolute atomic E-state index is 0.450. The molecule has 0 spiro atoms. The molecule has 0 saturated heterocycles. The van der Waals surface area contributed by atoms with Gasteiger partial charge in [-0.2, -0.15) is 0 Å². The zero-order chi connectivity index (χ0) is 14.6. The molecule has 1 aromatic rings. The van der Waals surface area contributed by atoms with Crippen LogP contribution in [0.3, 0.4) is 0 Å². The van der Waals surface area contributed by atoms with Gasteiger partial charge in [0.2, 0.25) is 0 Å². The van der Waals surface area contributed by atoms with Gasteiger partial charge in [0.05, 0.1) is 0 Å². The third-order valence-corrected chi connectivity index (χ3v) is 3.39. The zero-order valence-electron chi connectivity index (χ0n) is 12.5. The normalized spacial score (nSPS) is 11.7. The van der Waals surface area contributed by atoms with Crippen LogP contribution in [0.4, 0.5) is 0 Å². The zero-order valence-corrected chi connectivity index (χ0v) is 12.5. The van der Waals surface area contributed by atoms with Crippen molar-refractivity contribution < 1.29 is 9.90 Å². The molecule has 0 aliphatic carbocycles. The average Bonchev–Trinajstić information content (AvgIpc) is 2.34. The van der Waals surface area contributed by atoms with E-state index in [1.807, 2.05) is 6.07 Å². The molecule has 0 aliphatic rings. The average molecular weight is 260 g/mol. The molecule has 0 aliphatic heterocycles. The molecule has 0 radical (unpaired) electrons. The summed E-state index contributed by atoms with van der Waals surface area (Å²) in [6, 6.07) is 4.18. The standard InChI is InChI=1S/C17H24O2/c1-6-14-13(8-10-16(18)19)7-9-15(11(2)3)17(14)12(4)5/h7-12H,6H2,1-5H3,(H,18,19)/b10-8+. The summed E-state index contributed by atoms with van der Waals surface area (Å²) in [6.45, 7) is 10.9. The van der Waals surface area contributed by atoms with Crippen LogP contribution < -0.4 is 0 Å². The molecule has 104 valence electrons. The Morgan fingerprint density at radius 3 is 2.26 bits per heavy atom. The van der Waals surface area contributed by atoms with Gasteiger partial charge in [0, 0.05) is 6.08 Å². The first-order chi connectivity index (χ1) is 8.88. The van der Waals surface area contributed by atoms with Gasteiger partial charge in [-0.15, -0.1) is 0 Å². The molecule has 0 heterocycles. The molecule has 0 unspecified atom stereocenters. The number of hydrogen-bond donors (Lipinski definition) is 1. The van der Waals surface area contributed by atoms with Gasteiger partial charge in [-0.1, -0.05) is 46.8 Å². The van der Waals surface area contributed by atoms with Gasteiger partial charge >= 0.3 is 5.97 Å². The van der Waals surface area contributed by atoms with Crippen LogP contribution in [0.5, 0.6) is 0 Å². The van der Waals surface area contributed by atoms with E-state index >= 15 is 0 Å². The van der Waals surface area contributed by atoms with E-state index in [0.717, 1.165) is 12.0 Å². The summed E-state index contributed by atoms with van der Waals surface area (Å²) < 4.78 is 0. The Bertz CT molecular complexity index is 482. The molecule has 0 bridgehead atoms. The molecule has 0 aromatic heterocycles. The third-order valence-electron chi connectivity index (χ3n) is 3.39. The van der Waals surface area contributed by atoms with Crippen molar-refractivity contribution in [2.24, 2.45) is 0 Å². The fraction of sp³-hybridized carbons (Fsp3) is 0.471. The lowest BCUT2D eigenvalue weighted by Gasteiger charge is -2.21. The Kier molecular flexibility index (Phi) is 5.34. The van der Waals surface area contributed by atoms with E-state index < -0.39 is 5.97 Å². The third kappa shape index (κ3) is 3.69. The number of hydrogen-bond acceptors (Lipinski definition) is 1. The van der Waals surface area contributed by atoms with Gasteiger partial charge in [-0.05, 0) is 46.6 Å². The van der Waals surface area contributed by atoms with Crippen LogP contribution >= 0.6 is 0 Å². The Morgan fingerprint density at radius 1 is 1.21 bits per heavy atom. The lowest BCUT2D eigenvalue weighted by Crippen LogP contribution is -2.05. The second kappa shape index (κ2) is 6.55. The molecule has 0 fully saturated rings. The molecule has 1 N–H and O–H groups in total. The SMILES string of the molecule is CCc1c(/C=C/C(=O)O)ccc(C(C)C)c1C(C)C. The van der Waals surface area contributed by atoms with E-state index in [4.69, 9.17) is 5.11 Å². The smallest absolute Gasteiger partial charge is 0.328 e. The molecule has 0 saturated carbocycles. The van der Waals surface area contributed by atoms with E-state index in [1.54, 1.807) is 6.08 Å². The molecule has 1 rings (SSSR count). The van der Waals surface area contributed by atoms with Gasteiger partial charge in [0.15, 0.2) is 0 Å². The fourth-order valence-electron chi connectivity index (χ4n) is 2.60. The van der Waals surface area contributed by atoms with Crippen LogP contribution in [0, 0.1) is 0 Å². The summed E-state index contributed by atoms with van der Waals surface area (Å²) in [5, 5.41) is 8.77. The van der Waals surface area contributed by atoms with E-state index in [2.05, 4.69) is 40.7 Å². The molecule has 2 nitrogen and oxygen atoms in total. The highest BCUT2D eigenvalue weighted by atomic mass is 16.4. The van der Waals surface area contributed by atoms with Crippen molar-refractivity contribution in [2.45, 2.75) is 52.9 Å². The van der Waals surface area contributed by atoms with E-state index in [1.165, 1.54) is 22.8 Å². The Morgan fingerprint density at radius 2 is 1.84 bits per heavy atom. The predicted molar refractivity (Wildman–Crippen MR) is 80.7 cm³/mol. The van der Waals surface area contributed by atoms with Gasteiger partial charge in [-0.25, -0.2) is 4.79 Å². The van der Waals surface area contributed by atoms with Crippen molar-refractivity contribution in [1.82, 2.24) is 0 Å². The van der Waals surface area contributed by atoms with Crippen LogP contribution in [-0.4, -0.2) is 11.1 Å².